The Labute approximate surface area is 87.7 Å². The molecule has 3 rings (SSSR count). The van der Waals surface area contributed by atoms with Crippen molar-refractivity contribution in [3.63, 3.8) is 0 Å². The Morgan fingerprint density at radius 2 is 2.21 bits per heavy atom. The molecule has 0 saturated heterocycles. The Hall–Kier alpha value is -0.631. The molecule has 1 aliphatic heterocycles. The van der Waals surface area contributed by atoms with Gasteiger partial charge < -0.3 is 0 Å². The zero-order chi connectivity index (χ0) is 9.54. The molecule has 2 heterocycles. The molecule has 1 aliphatic rings. The van der Waals surface area contributed by atoms with Crippen molar-refractivity contribution in [1.82, 2.24) is 5.32 Å². The quantitative estimate of drug-likeness (QED) is 0.705. The third-order valence-electron chi connectivity index (χ3n) is 2.68. The monoisotopic (exact) mass is 255 g/mol. The molecule has 0 unspecified atom stereocenters. The van der Waals surface area contributed by atoms with Crippen LogP contribution >= 0.6 is 0 Å². The van der Waals surface area contributed by atoms with Crippen LogP contribution in [0.1, 0.15) is 11.1 Å². The van der Waals surface area contributed by atoms with Crippen molar-refractivity contribution in [3.05, 3.63) is 34.0 Å². The van der Waals surface area contributed by atoms with Crippen LogP contribution in [0.5, 0.6) is 0 Å². The average molecular weight is 254 g/mol. The molecule has 0 spiro atoms. The first kappa shape index (κ1) is 8.66. The molecule has 1 aromatic carbocycles. The van der Waals surface area contributed by atoms with E-state index in [1.54, 1.807) is 12.1 Å². The van der Waals surface area contributed by atoms with Crippen LogP contribution in [0.3, 0.4) is 0 Å². The van der Waals surface area contributed by atoms with Gasteiger partial charge >= 0.3 is 87.4 Å². The van der Waals surface area contributed by atoms with Gasteiger partial charge in [-0.2, -0.15) is 0 Å². The molecule has 0 aliphatic carbocycles. The standard InChI is InChI=1S/C11H10FNSe/c12-9-3-8-5-13-2-1-7-6-14-10(4-9)11(7)8/h3-4,6,13H,1-2,5H2. The van der Waals surface area contributed by atoms with Gasteiger partial charge in [-0.05, 0) is 0 Å². The summed E-state index contributed by atoms with van der Waals surface area (Å²) in [5.74, 6) is -0.0843. The minimum absolute atomic E-state index is 0.0843. The summed E-state index contributed by atoms with van der Waals surface area (Å²) in [6.07, 6.45) is 1.09. The van der Waals surface area contributed by atoms with Crippen molar-refractivity contribution in [2.24, 2.45) is 0 Å². The fourth-order valence-electron chi connectivity index (χ4n) is 2.06. The second-order valence-electron chi connectivity index (χ2n) is 3.63. The van der Waals surface area contributed by atoms with Gasteiger partial charge in [0, 0.05) is 0 Å². The molecule has 0 amide bonds. The summed E-state index contributed by atoms with van der Waals surface area (Å²) in [7, 11) is 0. The fourth-order valence-corrected chi connectivity index (χ4v) is 4.29. The van der Waals surface area contributed by atoms with Gasteiger partial charge in [0.2, 0.25) is 0 Å². The van der Waals surface area contributed by atoms with E-state index in [0.29, 0.717) is 14.5 Å². The number of hydrogen-bond donors (Lipinski definition) is 1. The predicted octanol–water partition coefficient (Wildman–Crippen LogP) is 1.68. The van der Waals surface area contributed by atoms with Crippen LogP contribution in [0.4, 0.5) is 4.39 Å². The van der Waals surface area contributed by atoms with Gasteiger partial charge in [0.25, 0.3) is 0 Å². The Morgan fingerprint density at radius 3 is 3.14 bits per heavy atom. The van der Waals surface area contributed by atoms with Crippen molar-refractivity contribution >= 4 is 24.1 Å². The van der Waals surface area contributed by atoms with E-state index in [0.717, 1.165) is 25.1 Å². The molecule has 0 radical (unpaired) electrons. The molecular formula is C11H10FNSe. The number of benzene rings is 1. The summed E-state index contributed by atoms with van der Waals surface area (Å²) in [5.41, 5.74) is 2.57. The summed E-state index contributed by atoms with van der Waals surface area (Å²) >= 11 is 0.360. The maximum absolute atomic E-state index is 13.3. The maximum atomic E-state index is 13.3. The number of halogens is 1. The van der Waals surface area contributed by atoms with E-state index in [9.17, 15) is 4.39 Å². The van der Waals surface area contributed by atoms with Gasteiger partial charge in [-0.3, -0.25) is 0 Å². The summed E-state index contributed by atoms with van der Waals surface area (Å²) in [6.45, 7) is 1.82. The predicted molar refractivity (Wildman–Crippen MR) is 56.3 cm³/mol. The van der Waals surface area contributed by atoms with Crippen LogP contribution in [0.25, 0.3) is 9.65 Å². The molecule has 0 saturated carbocycles. The molecule has 0 fully saturated rings. The average Bonchev–Trinajstić information content (AvgIpc) is 2.43. The van der Waals surface area contributed by atoms with Gasteiger partial charge in [-0.1, -0.05) is 0 Å². The second kappa shape index (κ2) is 3.20. The fraction of sp³-hybridized carbons (Fsp3) is 0.273. The molecule has 14 heavy (non-hydrogen) atoms. The topological polar surface area (TPSA) is 12.0 Å². The zero-order valence-corrected chi connectivity index (χ0v) is 9.35. The van der Waals surface area contributed by atoms with Crippen molar-refractivity contribution in [1.29, 1.82) is 0 Å². The third kappa shape index (κ3) is 1.24. The van der Waals surface area contributed by atoms with Crippen LogP contribution in [0.2, 0.25) is 0 Å². The summed E-state index contributed by atoms with van der Waals surface area (Å²) in [5, 5.41) is 4.67. The van der Waals surface area contributed by atoms with Gasteiger partial charge in [-0.25, -0.2) is 0 Å². The van der Waals surface area contributed by atoms with E-state index in [-0.39, 0.29) is 5.82 Å². The zero-order valence-electron chi connectivity index (χ0n) is 7.64. The first-order valence-corrected chi connectivity index (χ1v) is 6.58. The van der Waals surface area contributed by atoms with E-state index in [1.807, 2.05) is 0 Å². The number of rotatable bonds is 0. The molecule has 72 valence electrons. The SMILES string of the molecule is Fc1cc2c3c(c[se]c3c1)CCNC2. The molecule has 1 aromatic heterocycles. The molecule has 2 aromatic rings. The number of hydrogen-bond acceptors (Lipinski definition) is 1. The number of nitrogens with one attached hydrogen (secondary N) is 1. The Kier molecular flexibility index (Phi) is 1.98. The first-order valence-electron chi connectivity index (χ1n) is 4.74. The Bertz CT molecular complexity index is 489. The first-order chi connectivity index (χ1) is 6.84. The molecule has 1 nitrogen and oxygen atoms in total. The van der Waals surface area contributed by atoms with E-state index in [2.05, 4.69) is 10.3 Å². The molecule has 3 heteroatoms. The Morgan fingerprint density at radius 1 is 1.29 bits per heavy atom. The second-order valence-corrected chi connectivity index (χ2v) is 5.54. The van der Waals surface area contributed by atoms with Crippen molar-refractivity contribution < 1.29 is 4.39 Å². The van der Waals surface area contributed by atoms with Gasteiger partial charge in [0.05, 0.1) is 0 Å². The molecular weight excluding hydrogens is 244 g/mol. The van der Waals surface area contributed by atoms with Crippen molar-refractivity contribution in [3.8, 4) is 0 Å². The van der Waals surface area contributed by atoms with Gasteiger partial charge in [0.1, 0.15) is 0 Å². The van der Waals surface area contributed by atoms with Crippen LogP contribution in [-0.2, 0) is 13.0 Å². The Balaban J connectivity index is 2.39. The van der Waals surface area contributed by atoms with E-state index < -0.39 is 0 Å². The van der Waals surface area contributed by atoms with Crippen molar-refractivity contribution in [2.75, 3.05) is 6.54 Å². The minimum atomic E-state index is -0.0843. The van der Waals surface area contributed by atoms with Crippen LogP contribution in [0, 0.1) is 5.82 Å². The molecule has 0 bridgehead atoms. The van der Waals surface area contributed by atoms with Crippen LogP contribution < -0.4 is 5.32 Å². The van der Waals surface area contributed by atoms with Gasteiger partial charge in [-0.15, -0.1) is 0 Å². The van der Waals surface area contributed by atoms with E-state index >= 15 is 0 Å². The van der Waals surface area contributed by atoms with E-state index in [1.165, 1.54) is 15.2 Å². The summed E-state index contributed by atoms with van der Waals surface area (Å²) in [4.78, 5) is 2.30. The normalized spacial score (nSPS) is 15.8. The van der Waals surface area contributed by atoms with Crippen LogP contribution in [0.15, 0.2) is 17.1 Å². The van der Waals surface area contributed by atoms with Crippen LogP contribution in [-0.4, -0.2) is 21.0 Å². The molecule has 0 atom stereocenters. The molecule has 1 N–H and O–H groups in total. The van der Waals surface area contributed by atoms with Crippen molar-refractivity contribution in [2.45, 2.75) is 13.0 Å². The summed E-state index contributed by atoms with van der Waals surface area (Å²) in [6, 6.07) is 3.38. The van der Waals surface area contributed by atoms with E-state index in [4.69, 9.17) is 0 Å². The third-order valence-corrected chi connectivity index (χ3v) is 4.74. The van der Waals surface area contributed by atoms with Gasteiger partial charge in [0.15, 0.2) is 0 Å². The summed E-state index contributed by atoms with van der Waals surface area (Å²) < 4.78 is 14.5.